The molecule has 0 unspecified atom stereocenters. The summed E-state index contributed by atoms with van der Waals surface area (Å²) in [6, 6.07) is 12.9. The second-order valence-corrected chi connectivity index (χ2v) is 5.64. The maximum absolute atomic E-state index is 12.2. The summed E-state index contributed by atoms with van der Waals surface area (Å²) in [5.41, 5.74) is 4.99. The smallest absolute Gasteiger partial charge is 0.292 e. The molecule has 0 aliphatic heterocycles. The van der Waals surface area contributed by atoms with Crippen molar-refractivity contribution in [2.75, 3.05) is 0 Å². The van der Waals surface area contributed by atoms with Gasteiger partial charge in [0.05, 0.1) is 18.8 Å². The molecule has 0 bridgehead atoms. The number of nitrogens with zero attached hydrogens (tertiary/aromatic N) is 3. The number of carbonyl (C=O) groups excluding carboxylic acids is 2. The molecule has 1 heterocycles. The van der Waals surface area contributed by atoms with E-state index in [-0.39, 0.29) is 22.9 Å². The molecule has 0 spiro atoms. The third-order valence-corrected chi connectivity index (χ3v) is 3.69. The summed E-state index contributed by atoms with van der Waals surface area (Å²) >= 11 is 0. The summed E-state index contributed by atoms with van der Waals surface area (Å²) in [5.74, 6) is -1.42. The SMILES string of the molecule is O=C(N/N=C/c1ccccc1O)c1nc[nH]c1C(=O)N/N=C/c1ccccc1O. The number of phenolic OH excluding ortho intramolecular Hbond substituents is 2. The van der Waals surface area contributed by atoms with Crippen LogP contribution >= 0.6 is 0 Å². The van der Waals surface area contributed by atoms with Gasteiger partial charge in [0.15, 0.2) is 5.69 Å². The Balaban J connectivity index is 1.63. The van der Waals surface area contributed by atoms with Crippen LogP contribution in [0.1, 0.15) is 32.1 Å². The molecule has 2 amide bonds. The van der Waals surface area contributed by atoms with E-state index in [1.807, 2.05) is 0 Å². The lowest BCUT2D eigenvalue weighted by molar-refractivity contribution is 0.0915. The predicted octanol–water partition coefficient (Wildman–Crippen LogP) is 1.35. The van der Waals surface area contributed by atoms with Crippen LogP contribution in [0.2, 0.25) is 0 Å². The summed E-state index contributed by atoms with van der Waals surface area (Å²) in [4.78, 5) is 30.8. The van der Waals surface area contributed by atoms with Crippen LogP contribution < -0.4 is 10.9 Å². The van der Waals surface area contributed by atoms with Crippen molar-refractivity contribution in [1.82, 2.24) is 20.8 Å². The van der Waals surface area contributed by atoms with Gasteiger partial charge in [-0.15, -0.1) is 0 Å². The standard InChI is InChI=1S/C19H16N6O4/c26-14-7-3-1-5-12(14)9-22-24-18(28)16-17(21-11-20-16)19(29)25-23-10-13-6-2-4-8-15(13)27/h1-11,26-27H,(H,20,21)(H,24,28)(H,25,29)/b22-9+,23-10+. The van der Waals surface area contributed by atoms with Crippen molar-refractivity contribution in [3.8, 4) is 11.5 Å². The summed E-state index contributed by atoms with van der Waals surface area (Å²) in [7, 11) is 0. The molecule has 0 aliphatic carbocycles. The number of aromatic nitrogens is 2. The monoisotopic (exact) mass is 392 g/mol. The van der Waals surface area contributed by atoms with Gasteiger partial charge >= 0.3 is 0 Å². The van der Waals surface area contributed by atoms with Gasteiger partial charge in [-0.3, -0.25) is 9.59 Å². The summed E-state index contributed by atoms with van der Waals surface area (Å²) in [6.45, 7) is 0. The Morgan fingerprint density at radius 2 is 1.38 bits per heavy atom. The van der Waals surface area contributed by atoms with Crippen molar-refractivity contribution in [2.24, 2.45) is 10.2 Å². The number of aromatic hydroxyl groups is 2. The number of aromatic amines is 1. The highest BCUT2D eigenvalue weighted by Crippen LogP contribution is 2.13. The number of hydrogen-bond donors (Lipinski definition) is 5. The lowest BCUT2D eigenvalue weighted by Gasteiger charge is -2.01. The Bertz CT molecular complexity index is 1010. The van der Waals surface area contributed by atoms with E-state index in [2.05, 4.69) is 31.0 Å². The number of hydrazone groups is 2. The van der Waals surface area contributed by atoms with Gasteiger partial charge < -0.3 is 15.2 Å². The first-order valence-corrected chi connectivity index (χ1v) is 8.32. The van der Waals surface area contributed by atoms with Crippen LogP contribution in [-0.2, 0) is 0 Å². The van der Waals surface area contributed by atoms with Gasteiger partial charge in [0, 0.05) is 11.1 Å². The van der Waals surface area contributed by atoms with Crippen molar-refractivity contribution in [1.29, 1.82) is 0 Å². The highest BCUT2D eigenvalue weighted by molar-refractivity contribution is 6.05. The molecule has 0 fully saturated rings. The second kappa shape index (κ2) is 8.95. The van der Waals surface area contributed by atoms with Crippen LogP contribution in [0.25, 0.3) is 0 Å². The molecule has 1 aromatic heterocycles. The number of rotatable bonds is 6. The van der Waals surface area contributed by atoms with Gasteiger partial charge in [-0.1, -0.05) is 24.3 Å². The van der Waals surface area contributed by atoms with Gasteiger partial charge in [-0.2, -0.15) is 10.2 Å². The van der Waals surface area contributed by atoms with Crippen LogP contribution in [0.5, 0.6) is 11.5 Å². The Kier molecular flexibility index (Phi) is 5.96. The number of amides is 2. The Hall–Kier alpha value is -4.47. The van der Waals surface area contributed by atoms with Gasteiger partial charge in [0.25, 0.3) is 11.8 Å². The maximum atomic E-state index is 12.2. The third-order valence-electron chi connectivity index (χ3n) is 3.69. The molecule has 0 atom stereocenters. The zero-order chi connectivity index (χ0) is 20.6. The fraction of sp³-hybridized carbons (Fsp3) is 0. The molecule has 146 valence electrons. The van der Waals surface area contributed by atoms with Crippen molar-refractivity contribution >= 4 is 24.2 Å². The minimum Gasteiger partial charge on any atom is -0.507 e. The highest BCUT2D eigenvalue weighted by Gasteiger charge is 2.19. The number of H-pyrrole nitrogens is 1. The molecule has 0 aliphatic rings. The first kappa shape index (κ1) is 19.3. The molecule has 29 heavy (non-hydrogen) atoms. The molecule has 0 saturated carbocycles. The van der Waals surface area contributed by atoms with Crippen LogP contribution in [0.3, 0.4) is 0 Å². The molecule has 10 heteroatoms. The van der Waals surface area contributed by atoms with Crippen LogP contribution in [0, 0.1) is 0 Å². The zero-order valence-corrected chi connectivity index (χ0v) is 14.9. The number of para-hydroxylation sites is 2. The van der Waals surface area contributed by atoms with Crippen LogP contribution in [0.4, 0.5) is 0 Å². The average Bonchev–Trinajstić information content (AvgIpc) is 3.21. The van der Waals surface area contributed by atoms with Crippen molar-refractivity contribution in [3.63, 3.8) is 0 Å². The zero-order valence-electron chi connectivity index (χ0n) is 14.9. The third kappa shape index (κ3) is 4.83. The highest BCUT2D eigenvalue weighted by atomic mass is 16.3. The van der Waals surface area contributed by atoms with E-state index < -0.39 is 11.8 Å². The molecular formula is C19H16N6O4. The van der Waals surface area contributed by atoms with E-state index in [9.17, 15) is 19.8 Å². The van der Waals surface area contributed by atoms with Gasteiger partial charge in [0.2, 0.25) is 0 Å². The van der Waals surface area contributed by atoms with E-state index in [4.69, 9.17) is 0 Å². The lowest BCUT2D eigenvalue weighted by atomic mass is 10.2. The summed E-state index contributed by atoms with van der Waals surface area (Å²) in [6.07, 6.45) is 3.71. The van der Waals surface area contributed by atoms with Crippen LogP contribution in [0.15, 0.2) is 65.1 Å². The fourth-order valence-electron chi connectivity index (χ4n) is 2.26. The van der Waals surface area contributed by atoms with Crippen molar-refractivity contribution in [3.05, 3.63) is 77.4 Å². The Labute approximate surface area is 164 Å². The topological polar surface area (TPSA) is 152 Å². The number of carbonyl (C=O) groups is 2. The molecular weight excluding hydrogens is 376 g/mol. The summed E-state index contributed by atoms with van der Waals surface area (Å²) < 4.78 is 0. The average molecular weight is 392 g/mol. The molecule has 0 radical (unpaired) electrons. The number of nitrogens with one attached hydrogen (secondary N) is 3. The fourth-order valence-corrected chi connectivity index (χ4v) is 2.26. The molecule has 0 saturated heterocycles. The quantitative estimate of drug-likeness (QED) is 0.317. The summed E-state index contributed by atoms with van der Waals surface area (Å²) in [5, 5.41) is 26.8. The lowest BCUT2D eigenvalue weighted by Crippen LogP contribution is -2.25. The number of benzene rings is 2. The van der Waals surface area contributed by atoms with Crippen LogP contribution in [-0.4, -0.2) is 44.4 Å². The van der Waals surface area contributed by atoms with Gasteiger partial charge in [0.1, 0.15) is 17.2 Å². The molecule has 5 N–H and O–H groups in total. The minimum atomic E-state index is -0.729. The minimum absolute atomic E-state index is 0.00708. The molecule has 3 rings (SSSR count). The molecule has 2 aromatic carbocycles. The van der Waals surface area contributed by atoms with Crippen molar-refractivity contribution in [2.45, 2.75) is 0 Å². The van der Waals surface area contributed by atoms with Crippen molar-refractivity contribution < 1.29 is 19.8 Å². The van der Waals surface area contributed by atoms with E-state index in [0.29, 0.717) is 11.1 Å². The Morgan fingerprint density at radius 3 is 1.93 bits per heavy atom. The van der Waals surface area contributed by atoms with Gasteiger partial charge in [-0.25, -0.2) is 15.8 Å². The largest absolute Gasteiger partial charge is 0.507 e. The normalized spacial score (nSPS) is 11.0. The second-order valence-electron chi connectivity index (χ2n) is 5.64. The first-order valence-electron chi connectivity index (χ1n) is 8.32. The van der Waals surface area contributed by atoms with Gasteiger partial charge in [-0.05, 0) is 24.3 Å². The maximum Gasteiger partial charge on any atom is 0.292 e. The number of hydrogen-bond acceptors (Lipinski definition) is 7. The number of phenols is 2. The number of imidazole rings is 1. The molecule has 10 nitrogen and oxygen atoms in total. The predicted molar refractivity (Wildman–Crippen MR) is 105 cm³/mol. The van der Waals surface area contributed by atoms with E-state index >= 15 is 0 Å². The van der Waals surface area contributed by atoms with E-state index in [1.54, 1.807) is 36.4 Å². The van der Waals surface area contributed by atoms with E-state index in [1.165, 1.54) is 30.9 Å². The van der Waals surface area contributed by atoms with E-state index in [0.717, 1.165) is 0 Å². The first-order chi connectivity index (χ1) is 14.1. The Morgan fingerprint density at radius 1 is 0.862 bits per heavy atom. The molecule has 3 aromatic rings.